The summed E-state index contributed by atoms with van der Waals surface area (Å²) in [7, 11) is 2.10. The van der Waals surface area contributed by atoms with Crippen LogP contribution >= 0.6 is 0 Å². The van der Waals surface area contributed by atoms with Gasteiger partial charge in [0.2, 0.25) is 5.88 Å². The van der Waals surface area contributed by atoms with E-state index in [9.17, 15) is 4.79 Å². The summed E-state index contributed by atoms with van der Waals surface area (Å²) in [6, 6.07) is 12.6. The molecule has 0 atom stereocenters. The molecule has 1 N–H and O–H groups in total. The van der Waals surface area contributed by atoms with Gasteiger partial charge in [-0.3, -0.25) is 4.98 Å². The highest BCUT2D eigenvalue weighted by Gasteiger charge is 2.34. The fourth-order valence-electron chi connectivity index (χ4n) is 6.17. The minimum atomic E-state index is -0.905. The molecule has 2 aliphatic rings. The lowest BCUT2D eigenvalue weighted by Gasteiger charge is -2.39. The summed E-state index contributed by atoms with van der Waals surface area (Å²) in [4.78, 5) is 21.9. The minimum Gasteiger partial charge on any atom is -0.480 e. The van der Waals surface area contributed by atoms with E-state index in [0.29, 0.717) is 18.6 Å². The first-order chi connectivity index (χ1) is 20.5. The van der Waals surface area contributed by atoms with Crippen LogP contribution in [0.15, 0.2) is 55.0 Å². The summed E-state index contributed by atoms with van der Waals surface area (Å²) >= 11 is 0. The van der Waals surface area contributed by atoms with Gasteiger partial charge in [0.25, 0.3) is 0 Å². The Morgan fingerprint density at radius 2 is 1.76 bits per heavy atom. The Kier molecular flexibility index (Phi) is 8.98. The molecule has 9 nitrogen and oxygen atoms in total. The maximum Gasteiger partial charge on any atom is 0.329 e. The summed E-state index contributed by atoms with van der Waals surface area (Å²) in [6.07, 6.45) is 13.5. The van der Waals surface area contributed by atoms with Gasteiger partial charge in [-0.2, -0.15) is 0 Å². The second kappa shape index (κ2) is 13.2. The number of piperidine rings is 1. The number of hydrogen-bond acceptors (Lipinski definition) is 7. The number of aromatic nitrogens is 3. The maximum atomic E-state index is 10.5. The van der Waals surface area contributed by atoms with Crippen molar-refractivity contribution in [3.63, 3.8) is 0 Å². The van der Waals surface area contributed by atoms with Gasteiger partial charge in [0.15, 0.2) is 0 Å². The lowest BCUT2D eigenvalue weighted by Crippen LogP contribution is -2.44. The molecular formula is C33H40N4O5. The van der Waals surface area contributed by atoms with Crippen molar-refractivity contribution >= 4 is 27.8 Å². The molecule has 1 aliphatic heterocycles. The van der Waals surface area contributed by atoms with Crippen molar-refractivity contribution in [1.82, 2.24) is 19.4 Å². The Balaban J connectivity index is 0.899. The molecule has 1 saturated carbocycles. The average Bonchev–Trinajstić information content (AvgIpc) is 3.27. The van der Waals surface area contributed by atoms with Crippen LogP contribution in [0, 0.1) is 0 Å². The van der Waals surface area contributed by atoms with Crippen LogP contribution in [0.2, 0.25) is 0 Å². The second-order valence-electron chi connectivity index (χ2n) is 11.6. The highest BCUT2D eigenvalue weighted by Crippen LogP contribution is 2.33. The second-order valence-corrected chi connectivity index (χ2v) is 11.6. The number of pyridine rings is 2. The lowest BCUT2D eigenvalue weighted by molar-refractivity contribution is -0.142. The Bertz CT molecular complexity index is 1490. The zero-order chi connectivity index (χ0) is 28.9. The number of ether oxygens (including phenoxy) is 3. The number of benzene rings is 1. The van der Waals surface area contributed by atoms with E-state index in [1.54, 1.807) is 0 Å². The molecule has 4 heterocycles. The molecule has 1 aliphatic carbocycles. The first kappa shape index (κ1) is 28.6. The number of rotatable bonds is 13. The first-order valence-corrected chi connectivity index (χ1v) is 15.2. The molecule has 42 heavy (non-hydrogen) atoms. The Labute approximate surface area is 246 Å². The van der Waals surface area contributed by atoms with Crippen molar-refractivity contribution < 1.29 is 24.1 Å². The zero-order valence-corrected chi connectivity index (χ0v) is 24.3. The van der Waals surface area contributed by atoms with E-state index in [0.717, 1.165) is 75.7 Å². The fourth-order valence-corrected chi connectivity index (χ4v) is 6.17. The molecule has 0 amide bonds. The standard InChI is InChI=1S/C33H40N4O5/c1-36-30-9-12-34-21-29(30)28-7-5-23(17-31(28)36)24-6-8-32(35-20-24)42-27-18-26(19-27)41-25-10-14-37(15-11-25)13-3-2-4-16-40-22-33(38)39/h5-9,12,17,20-21,25-27H,2-4,10-11,13-16,18-19,22H2,1H3,(H,38,39)/t26-,27-. The predicted octanol–water partition coefficient (Wildman–Crippen LogP) is 5.45. The molecule has 0 spiro atoms. The summed E-state index contributed by atoms with van der Waals surface area (Å²) in [6.45, 7) is 3.57. The number of nitrogens with zero attached hydrogens (tertiary/aromatic N) is 4. The van der Waals surface area contributed by atoms with Crippen molar-refractivity contribution in [2.45, 2.75) is 63.3 Å². The zero-order valence-electron chi connectivity index (χ0n) is 24.3. The normalized spacial score (nSPS) is 19.7. The van der Waals surface area contributed by atoms with E-state index in [4.69, 9.17) is 19.3 Å². The third-order valence-electron chi connectivity index (χ3n) is 8.63. The lowest BCUT2D eigenvalue weighted by atomic mass is 9.91. The number of aliphatic carboxylic acids is 1. The van der Waals surface area contributed by atoms with Crippen LogP contribution in [-0.2, 0) is 21.3 Å². The highest BCUT2D eigenvalue weighted by atomic mass is 16.5. The molecule has 1 aromatic carbocycles. The van der Waals surface area contributed by atoms with E-state index >= 15 is 0 Å². The van der Waals surface area contributed by atoms with Crippen LogP contribution in [0.1, 0.15) is 44.9 Å². The van der Waals surface area contributed by atoms with Gasteiger partial charge < -0.3 is 28.8 Å². The molecule has 9 heteroatoms. The molecule has 0 radical (unpaired) electrons. The largest absolute Gasteiger partial charge is 0.480 e. The quantitative estimate of drug-likeness (QED) is 0.211. The number of aryl methyl sites for hydroxylation is 1. The monoisotopic (exact) mass is 572 g/mol. The van der Waals surface area contributed by atoms with Crippen LogP contribution in [-0.4, -0.2) is 81.7 Å². The summed E-state index contributed by atoms with van der Waals surface area (Å²) in [5.41, 5.74) is 4.56. The van der Waals surface area contributed by atoms with Crippen LogP contribution < -0.4 is 4.74 Å². The molecule has 0 bridgehead atoms. The summed E-state index contributed by atoms with van der Waals surface area (Å²) in [5, 5.41) is 11.0. The van der Waals surface area contributed by atoms with E-state index < -0.39 is 5.97 Å². The van der Waals surface area contributed by atoms with Crippen LogP contribution in [0.5, 0.6) is 5.88 Å². The number of fused-ring (bicyclic) bond motifs is 3. The SMILES string of the molecule is Cn1c2ccncc2c2ccc(-c3ccc(O[C@H]4C[C@H](OC5CCN(CCCCCOCC(=O)O)CC5)C4)nc3)cc21. The van der Waals surface area contributed by atoms with Crippen molar-refractivity contribution in [2.75, 3.05) is 32.8 Å². The molecule has 0 unspecified atom stereocenters. The number of hydrogen-bond donors (Lipinski definition) is 1. The Morgan fingerprint density at radius 3 is 2.55 bits per heavy atom. The van der Waals surface area contributed by atoms with Gasteiger partial charge in [0.1, 0.15) is 12.7 Å². The minimum absolute atomic E-state index is 0.161. The molecule has 4 aromatic rings. The highest BCUT2D eigenvalue weighted by molar-refractivity contribution is 6.08. The van der Waals surface area contributed by atoms with Crippen molar-refractivity contribution in [3.05, 3.63) is 55.0 Å². The first-order valence-electron chi connectivity index (χ1n) is 15.2. The third kappa shape index (κ3) is 6.75. The Hall–Kier alpha value is -3.53. The molecule has 2 fully saturated rings. The molecule has 6 rings (SSSR count). The van der Waals surface area contributed by atoms with Gasteiger partial charge in [0, 0.05) is 86.1 Å². The summed E-state index contributed by atoms with van der Waals surface area (Å²) < 4.78 is 19.8. The van der Waals surface area contributed by atoms with Gasteiger partial charge in [-0.1, -0.05) is 12.1 Å². The number of carbonyl (C=O) groups is 1. The van der Waals surface area contributed by atoms with Crippen molar-refractivity contribution in [1.29, 1.82) is 0 Å². The number of unbranched alkanes of at least 4 members (excludes halogenated alkanes) is 2. The smallest absolute Gasteiger partial charge is 0.329 e. The van der Waals surface area contributed by atoms with Gasteiger partial charge in [-0.05, 0) is 62.4 Å². The number of carboxylic acid groups (broad SMARTS) is 1. The van der Waals surface area contributed by atoms with E-state index in [1.165, 1.54) is 21.8 Å². The number of carboxylic acids is 1. The van der Waals surface area contributed by atoms with Gasteiger partial charge >= 0.3 is 5.97 Å². The van der Waals surface area contributed by atoms with E-state index in [1.807, 2.05) is 24.7 Å². The molecule has 1 saturated heterocycles. The van der Waals surface area contributed by atoms with Crippen molar-refractivity contribution in [2.24, 2.45) is 7.05 Å². The average molecular weight is 573 g/mol. The maximum absolute atomic E-state index is 10.5. The summed E-state index contributed by atoms with van der Waals surface area (Å²) in [5.74, 6) is -0.238. The van der Waals surface area contributed by atoms with E-state index in [-0.39, 0.29) is 18.8 Å². The third-order valence-corrected chi connectivity index (χ3v) is 8.63. The van der Waals surface area contributed by atoms with Crippen LogP contribution in [0.4, 0.5) is 0 Å². The fraction of sp³-hybridized carbons (Fsp3) is 0.485. The van der Waals surface area contributed by atoms with Gasteiger partial charge in [-0.15, -0.1) is 0 Å². The molecular weight excluding hydrogens is 532 g/mol. The van der Waals surface area contributed by atoms with Crippen molar-refractivity contribution in [3.8, 4) is 17.0 Å². The van der Waals surface area contributed by atoms with Gasteiger partial charge in [-0.25, -0.2) is 9.78 Å². The van der Waals surface area contributed by atoms with Gasteiger partial charge in [0.05, 0.1) is 17.7 Å². The molecule has 222 valence electrons. The predicted molar refractivity (Wildman–Crippen MR) is 162 cm³/mol. The molecule has 3 aromatic heterocycles. The van der Waals surface area contributed by atoms with Crippen LogP contribution in [0.25, 0.3) is 32.9 Å². The van der Waals surface area contributed by atoms with Crippen LogP contribution in [0.3, 0.4) is 0 Å². The number of likely N-dealkylation sites (tertiary alicyclic amines) is 1. The van der Waals surface area contributed by atoms with E-state index in [2.05, 4.69) is 56.8 Å². The topological polar surface area (TPSA) is 98.9 Å². The Morgan fingerprint density at radius 1 is 0.929 bits per heavy atom.